The number of carbonyl (C=O) groups is 3. The average Bonchev–Trinajstić information content (AvgIpc) is 2.65. The van der Waals surface area contributed by atoms with Gasteiger partial charge in [0.1, 0.15) is 5.82 Å². The molecule has 2 aromatic rings. The van der Waals surface area contributed by atoms with Crippen molar-refractivity contribution in [2.24, 2.45) is 0 Å². The number of esters is 1. The topological polar surface area (TPSA) is 84.5 Å². The second kappa shape index (κ2) is 9.68. The fourth-order valence-electron chi connectivity index (χ4n) is 2.12. The minimum Gasteiger partial charge on any atom is -0.452 e. The van der Waals surface area contributed by atoms with Gasteiger partial charge in [0.25, 0.3) is 11.8 Å². The first kappa shape index (κ1) is 20.4. The Hall–Kier alpha value is -2.93. The number of rotatable bonds is 7. The van der Waals surface area contributed by atoms with Gasteiger partial charge in [-0.15, -0.1) is 0 Å². The molecule has 0 radical (unpaired) electrons. The van der Waals surface area contributed by atoms with Crippen molar-refractivity contribution >= 4 is 35.1 Å². The van der Waals surface area contributed by atoms with Crippen LogP contribution in [0.2, 0.25) is 5.02 Å². The van der Waals surface area contributed by atoms with Crippen molar-refractivity contribution in [1.29, 1.82) is 0 Å². The van der Waals surface area contributed by atoms with E-state index >= 15 is 0 Å². The molecule has 0 bridgehead atoms. The summed E-state index contributed by atoms with van der Waals surface area (Å²) in [6.07, 6.45) is 0.760. The Morgan fingerprint density at radius 1 is 1.11 bits per heavy atom. The van der Waals surface area contributed by atoms with Crippen molar-refractivity contribution in [1.82, 2.24) is 5.32 Å². The Morgan fingerprint density at radius 3 is 2.48 bits per heavy atom. The van der Waals surface area contributed by atoms with E-state index in [4.69, 9.17) is 16.3 Å². The van der Waals surface area contributed by atoms with Gasteiger partial charge in [0.15, 0.2) is 6.61 Å². The first-order valence-electron chi connectivity index (χ1n) is 8.21. The molecule has 0 fully saturated rings. The highest BCUT2D eigenvalue weighted by atomic mass is 35.5. The molecule has 2 amide bonds. The maximum atomic E-state index is 13.0. The first-order valence-corrected chi connectivity index (χ1v) is 8.58. The second-order valence-corrected chi connectivity index (χ2v) is 6.01. The van der Waals surface area contributed by atoms with Gasteiger partial charge in [-0.25, -0.2) is 9.18 Å². The number of nitrogens with one attached hydrogen (secondary N) is 2. The summed E-state index contributed by atoms with van der Waals surface area (Å²) in [5, 5.41) is 5.42. The number of halogens is 2. The smallest absolute Gasteiger partial charge is 0.340 e. The van der Waals surface area contributed by atoms with Crippen LogP contribution in [-0.4, -0.2) is 30.9 Å². The predicted octanol–water partition coefficient (Wildman–Crippen LogP) is 3.41. The van der Waals surface area contributed by atoms with E-state index < -0.39 is 30.2 Å². The third-order valence-corrected chi connectivity index (χ3v) is 3.70. The second-order valence-electron chi connectivity index (χ2n) is 5.58. The van der Waals surface area contributed by atoms with E-state index in [0.717, 1.165) is 18.6 Å². The Balaban J connectivity index is 2.11. The molecule has 0 aromatic heterocycles. The summed E-state index contributed by atoms with van der Waals surface area (Å²) in [5.74, 6) is -2.23. The van der Waals surface area contributed by atoms with Crippen LogP contribution >= 0.6 is 11.6 Å². The zero-order valence-corrected chi connectivity index (χ0v) is 15.3. The maximum Gasteiger partial charge on any atom is 0.340 e. The van der Waals surface area contributed by atoms with Gasteiger partial charge in [-0.2, -0.15) is 0 Å². The lowest BCUT2D eigenvalue weighted by Crippen LogP contribution is -2.29. The summed E-state index contributed by atoms with van der Waals surface area (Å²) in [6.45, 7) is 1.94. The SMILES string of the molecule is CCCNC(=O)COC(=O)c1ccc(Cl)cc1NC(=O)c1ccc(F)cc1. The molecule has 0 heterocycles. The van der Waals surface area contributed by atoms with E-state index in [1.54, 1.807) is 0 Å². The van der Waals surface area contributed by atoms with Gasteiger partial charge in [-0.3, -0.25) is 9.59 Å². The molecule has 2 rings (SSSR count). The lowest BCUT2D eigenvalue weighted by atomic mass is 10.1. The highest BCUT2D eigenvalue weighted by Gasteiger charge is 2.17. The standard InChI is InChI=1S/C19H18ClFN2O4/c1-2-9-22-17(24)11-27-19(26)15-8-5-13(20)10-16(15)23-18(25)12-3-6-14(21)7-4-12/h3-8,10H,2,9,11H2,1H3,(H,22,24)(H,23,25). The molecule has 6 nitrogen and oxygen atoms in total. The Bertz CT molecular complexity index is 840. The van der Waals surface area contributed by atoms with E-state index in [-0.39, 0.29) is 16.8 Å². The van der Waals surface area contributed by atoms with Gasteiger partial charge in [-0.05, 0) is 48.9 Å². The van der Waals surface area contributed by atoms with Gasteiger partial charge in [-0.1, -0.05) is 18.5 Å². The first-order chi connectivity index (χ1) is 12.9. The molecule has 27 heavy (non-hydrogen) atoms. The molecule has 0 atom stereocenters. The van der Waals surface area contributed by atoms with Gasteiger partial charge in [0, 0.05) is 17.1 Å². The summed E-state index contributed by atoms with van der Waals surface area (Å²) in [5.41, 5.74) is 0.364. The van der Waals surface area contributed by atoms with Gasteiger partial charge in [0.05, 0.1) is 11.3 Å². The summed E-state index contributed by atoms with van der Waals surface area (Å²) in [7, 11) is 0. The van der Waals surface area contributed by atoms with E-state index in [1.165, 1.54) is 30.3 Å². The summed E-state index contributed by atoms with van der Waals surface area (Å²) < 4.78 is 18.0. The monoisotopic (exact) mass is 392 g/mol. The number of anilines is 1. The minimum absolute atomic E-state index is 0.0400. The van der Waals surface area contributed by atoms with E-state index in [1.807, 2.05) is 6.92 Å². The van der Waals surface area contributed by atoms with Crippen molar-refractivity contribution in [3.05, 3.63) is 64.4 Å². The Labute approximate surface area is 160 Å². The number of hydrogen-bond acceptors (Lipinski definition) is 4. The maximum absolute atomic E-state index is 13.0. The number of hydrogen-bond donors (Lipinski definition) is 2. The van der Waals surface area contributed by atoms with Crippen LogP contribution in [0.5, 0.6) is 0 Å². The van der Waals surface area contributed by atoms with Crippen molar-refractivity contribution in [2.45, 2.75) is 13.3 Å². The largest absolute Gasteiger partial charge is 0.452 e. The molecule has 0 unspecified atom stereocenters. The highest BCUT2D eigenvalue weighted by molar-refractivity contribution is 6.31. The molecule has 0 saturated heterocycles. The summed E-state index contributed by atoms with van der Waals surface area (Å²) in [4.78, 5) is 36.1. The third kappa shape index (κ3) is 6.07. The number of carbonyl (C=O) groups excluding carboxylic acids is 3. The molecule has 142 valence electrons. The van der Waals surface area contributed by atoms with E-state index in [2.05, 4.69) is 10.6 Å². The highest BCUT2D eigenvalue weighted by Crippen LogP contribution is 2.23. The van der Waals surface area contributed by atoms with Crippen molar-refractivity contribution in [3.63, 3.8) is 0 Å². The average molecular weight is 393 g/mol. The number of benzene rings is 2. The lowest BCUT2D eigenvalue weighted by molar-refractivity contribution is -0.124. The fourth-order valence-corrected chi connectivity index (χ4v) is 2.29. The molecule has 2 aromatic carbocycles. The summed E-state index contributed by atoms with van der Waals surface area (Å²) >= 11 is 5.94. The normalized spacial score (nSPS) is 10.2. The quantitative estimate of drug-likeness (QED) is 0.707. The minimum atomic E-state index is -0.785. The van der Waals surface area contributed by atoms with Crippen LogP contribution in [0.4, 0.5) is 10.1 Å². The van der Waals surface area contributed by atoms with Crippen LogP contribution in [0.15, 0.2) is 42.5 Å². The molecule has 0 aliphatic heterocycles. The van der Waals surface area contributed by atoms with Crippen molar-refractivity contribution in [2.75, 3.05) is 18.5 Å². The Kier molecular flexibility index (Phi) is 7.31. The molecular weight excluding hydrogens is 375 g/mol. The molecule has 0 aliphatic rings. The molecule has 0 saturated carbocycles. The van der Waals surface area contributed by atoms with E-state index in [9.17, 15) is 18.8 Å². The molecular formula is C19H18ClFN2O4. The zero-order valence-electron chi connectivity index (χ0n) is 14.6. The number of ether oxygens (including phenoxy) is 1. The van der Waals surface area contributed by atoms with Crippen LogP contribution in [0.25, 0.3) is 0 Å². The van der Waals surface area contributed by atoms with Crippen LogP contribution in [0.3, 0.4) is 0 Å². The van der Waals surface area contributed by atoms with Gasteiger partial charge >= 0.3 is 5.97 Å². The van der Waals surface area contributed by atoms with E-state index in [0.29, 0.717) is 11.6 Å². The predicted molar refractivity (Wildman–Crippen MR) is 99.4 cm³/mol. The van der Waals surface area contributed by atoms with Crippen LogP contribution in [0, 0.1) is 5.82 Å². The molecule has 8 heteroatoms. The molecule has 0 spiro atoms. The van der Waals surface area contributed by atoms with Gasteiger partial charge < -0.3 is 15.4 Å². The van der Waals surface area contributed by atoms with Crippen molar-refractivity contribution in [3.8, 4) is 0 Å². The van der Waals surface area contributed by atoms with Gasteiger partial charge in [0.2, 0.25) is 0 Å². The van der Waals surface area contributed by atoms with Crippen LogP contribution in [0.1, 0.15) is 34.1 Å². The zero-order chi connectivity index (χ0) is 19.8. The number of amides is 2. The van der Waals surface area contributed by atoms with Crippen LogP contribution < -0.4 is 10.6 Å². The molecule has 0 aliphatic carbocycles. The van der Waals surface area contributed by atoms with Crippen LogP contribution in [-0.2, 0) is 9.53 Å². The molecule has 2 N–H and O–H groups in total. The third-order valence-electron chi connectivity index (χ3n) is 3.46. The summed E-state index contributed by atoms with van der Waals surface area (Å²) in [6, 6.07) is 9.15. The Morgan fingerprint density at radius 2 is 1.81 bits per heavy atom. The fraction of sp³-hybridized carbons (Fsp3) is 0.211. The lowest BCUT2D eigenvalue weighted by Gasteiger charge is -2.12. The van der Waals surface area contributed by atoms with Crippen molar-refractivity contribution < 1.29 is 23.5 Å².